The largest absolute Gasteiger partial charge is 0.385 e. The molecule has 0 radical (unpaired) electrons. The SMILES string of the molecule is CCNc1nc(CCCOC)nc(C2CCCC2)c1I. The molecule has 0 aliphatic heterocycles. The minimum Gasteiger partial charge on any atom is -0.385 e. The Morgan fingerprint density at radius 1 is 1.30 bits per heavy atom. The van der Waals surface area contributed by atoms with E-state index in [1.54, 1.807) is 7.11 Å². The number of hydrogen-bond acceptors (Lipinski definition) is 4. The average Bonchev–Trinajstić information content (AvgIpc) is 2.96. The zero-order chi connectivity index (χ0) is 14.4. The van der Waals surface area contributed by atoms with Crippen molar-refractivity contribution < 1.29 is 4.74 Å². The van der Waals surface area contributed by atoms with Crippen LogP contribution in [0.25, 0.3) is 0 Å². The summed E-state index contributed by atoms with van der Waals surface area (Å²) in [6.07, 6.45) is 7.09. The highest BCUT2D eigenvalue weighted by molar-refractivity contribution is 14.1. The molecule has 0 amide bonds. The maximum atomic E-state index is 5.12. The number of rotatable bonds is 7. The van der Waals surface area contributed by atoms with Crippen LogP contribution in [0.3, 0.4) is 0 Å². The van der Waals surface area contributed by atoms with Crippen LogP contribution in [-0.4, -0.2) is 30.2 Å². The Labute approximate surface area is 135 Å². The Hall–Kier alpha value is -0.430. The molecule has 1 fully saturated rings. The van der Waals surface area contributed by atoms with Crippen LogP contribution in [0.1, 0.15) is 56.5 Å². The molecule has 2 rings (SSSR count). The van der Waals surface area contributed by atoms with Gasteiger partial charge < -0.3 is 10.1 Å². The van der Waals surface area contributed by atoms with Crippen molar-refractivity contribution in [2.24, 2.45) is 0 Å². The summed E-state index contributed by atoms with van der Waals surface area (Å²) in [5.74, 6) is 2.60. The van der Waals surface area contributed by atoms with E-state index in [-0.39, 0.29) is 0 Å². The highest BCUT2D eigenvalue weighted by Crippen LogP contribution is 2.36. The Kier molecular flexibility index (Phi) is 6.48. The molecule has 5 heteroatoms. The molecule has 0 atom stereocenters. The first-order chi connectivity index (χ1) is 9.76. The molecule has 0 spiro atoms. The van der Waals surface area contributed by atoms with Crippen LogP contribution in [0.5, 0.6) is 0 Å². The number of anilines is 1. The number of aryl methyl sites for hydroxylation is 1. The van der Waals surface area contributed by atoms with Gasteiger partial charge in [-0.15, -0.1) is 0 Å². The maximum Gasteiger partial charge on any atom is 0.143 e. The molecule has 1 aromatic rings. The van der Waals surface area contributed by atoms with Crippen molar-refractivity contribution in [1.82, 2.24) is 9.97 Å². The first kappa shape index (κ1) is 15.9. The summed E-state index contributed by atoms with van der Waals surface area (Å²) in [4.78, 5) is 9.54. The van der Waals surface area contributed by atoms with E-state index in [0.29, 0.717) is 5.92 Å². The molecule has 4 nitrogen and oxygen atoms in total. The Morgan fingerprint density at radius 3 is 2.70 bits per heavy atom. The summed E-state index contributed by atoms with van der Waals surface area (Å²) >= 11 is 2.40. The Balaban J connectivity index is 2.23. The molecule has 112 valence electrons. The molecular weight excluding hydrogens is 365 g/mol. The van der Waals surface area contributed by atoms with Gasteiger partial charge >= 0.3 is 0 Å². The van der Waals surface area contributed by atoms with Crippen LogP contribution in [-0.2, 0) is 11.2 Å². The number of nitrogens with one attached hydrogen (secondary N) is 1. The molecule has 20 heavy (non-hydrogen) atoms. The van der Waals surface area contributed by atoms with Crippen LogP contribution < -0.4 is 5.32 Å². The van der Waals surface area contributed by atoms with Crippen molar-refractivity contribution in [2.45, 2.75) is 51.4 Å². The summed E-state index contributed by atoms with van der Waals surface area (Å²) in [6.45, 7) is 3.78. The molecule has 0 saturated heterocycles. The summed E-state index contributed by atoms with van der Waals surface area (Å²) in [7, 11) is 1.74. The normalized spacial score (nSPS) is 15.8. The van der Waals surface area contributed by atoms with Crippen LogP contribution in [0, 0.1) is 3.57 Å². The molecule has 1 N–H and O–H groups in total. The highest BCUT2D eigenvalue weighted by atomic mass is 127. The topological polar surface area (TPSA) is 47.0 Å². The Bertz CT molecular complexity index is 433. The lowest BCUT2D eigenvalue weighted by molar-refractivity contribution is 0.194. The van der Waals surface area contributed by atoms with Gasteiger partial charge in [-0.2, -0.15) is 0 Å². The number of hydrogen-bond donors (Lipinski definition) is 1. The smallest absolute Gasteiger partial charge is 0.143 e. The first-order valence-corrected chi connectivity index (χ1v) is 8.63. The van der Waals surface area contributed by atoms with Gasteiger partial charge in [0.05, 0.1) is 9.26 Å². The lowest BCUT2D eigenvalue weighted by Crippen LogP contribution is -2.12. The van der Waals surface area contributed by atoms with Gasteiger partial charge in [-0.1, -0.05) is 12.8 Å². The van der Waals surface area contributed by atoms with Crippen molar-refractivity contribution in [1.29, 1.82) is 0 Å². The fourth-order valence-corrected chi connectivity index (χ4v) is 3.63. The van der Waals surface area contributed by atoms with Gasteiger partial charge in [-0.05, 0) is 48.8 Å². The third-order valence-electron chi connectivity index (χ3n) is 3.76. The van der Waals surface area contributed by atoms with Gasteiger partial charge in [-0.25, -0.2) is 9.97 Å². The van der Waals surface area contributed by atoms with E-state index in [1.807, 2.05) is 0 Å². The van der Waals surface area contributed by atoms with Crippen LogP contribution in [0.2, 0.25) is 0 Å². The summed E-state index contributed by atoms with van der Waals surface area (Å²) in [6, 6.07) is 0. The molecule has 1 saturated carbocycles. The van der Waals surface area contributed by atoms with Crippen molar-refractivity contribution >= 4 is 28.4 Å². The predicted octanol–water partition coefficient (Wildman–Crippen LogP) is 3.75. The van der Waals surface area contributed by atoms with Crippen molar-refractivity contribution in [2.75, 3.05) is 25.6 Å². The third kappa shape index (κ3) is 4.04. The lowest BCUT2D eigenvalue weighted by atomic mass is 10.0. The van der Waals surface area contributed by atoms with Gasteiger partial charge in [0.25, 0.3) is 0 Å². The van der Waals surface area contributed by atoms with Gasteiger partial charge in [0.15, 0.2) is 0 Å². The van der Waals surface area contributed by atoms with Crippen LogP contribution in [0.4, 0.5) is 5.82 Å². The highest BCUT2D eigenvalue weighted by Gasteiger charge is 2.23. The zero-order valence-electron chi connectivity index (χ0n) is 12.4. The summed E-state index contributed by atoms with van der Waals surface area (Å²) < 4.78 is 6.34. The van der Waals surface area contributed by atoms with E-state index in [2.05, 4.69) is 39.8 Å². The number of halogens is 1. The molecule has 1 heterocycles. The monoisotopic (exact) mass is 389 g/mol. The van der Waals surface area contributed by atoms with E-state index in [0.717, 1.165) is 37.6 Å². The van der Waals surface area contributed by atoms with Gasteiger partial charge in [0.2, 0.25) is 0 Å². The fourth-order valence-electron chi connectivity index (χ4n) is 2.75. The lowest BCUT2D eigenvalue weighted by Gasteiger charge is -2.16. The predicted molar refractivity (Wildman–Crippen MR) is 90.3 cm³/mol. The second-order valence-corrected chi connectivity index (χ2v) is 6.37. The van der Waals surface area contributed by atoms with Gasteiger partial charge in [0.1, 0.15) is 11.6 Å². The number of aromatic nitrogens is 2. The minimum absolute atomic E-state index is 0.628. The number of methoxy groups -OCH3 is 1. The summed E-state index contributed by atoms with van der Waals surface area (Å²) in [5.41, 5.74) is 1.27. The number of nitrogens with zero attached hydrogens (tertiary/aromatic N) is 2. The third-order valence-corrected chi connectivity index (χ3v) is 4.82. The first-order valence-electron chi connectivity index (χ1n) is 7.55. The summed E-state index contributed by atoms with van der Waals surface area (Å²) in [5, 5.41) is 3.38. The molecule has 0 bridgehead atoms. The molecule has 0 aromatic carbocycles. The maximum absolute atomic E-state index is 5.12. The van der Waals surface area contributed by atoms with E-state index in [9.17, 15) is 0 Å². The fraction of sp³-hybridized carbons (Fsp3) is 0.733. The van der Waals surface area contributed by atoms with Crippen LogP contribution in [0.15, 0.2) is 0 Å². The molecular formula is C15H24IN3O. The average molecular weight is 389 g/mol. The minimum atomic E-state index is 0.628. The second kappa shape index (κ2) is 8.12. The molecule has 0 unspecified atom stereocenters. The van der Waals surface area contributed by atoms with Crippen molar-refractivity contribution in [3.05, 3.63) is 15.1 Å². The van der Waals surface area contributed by atoms with Gasteiger partial charge in [-0.3, -0.25) is 0 Å². The van der Waals surface area contributed by atoms with E-state index >= 15 is 0 Å². The van der Waals surface area contributed by atoms with Crippen molar-refractivity contribution in [3.8, 4) is 0 Å². The van der Waals surface area contributed by atoms with Gasteiger partial charge in [0, 0.05) is 32.6 Å². The van der Waals surface area contributed by atoms with E-state index < -0.39 is 0 Å². The van der Waals surface area contributed by atoms with Crippen molar-refractivity contribution in [3.63, 3.8) is 0 Å². The molecule has 1 aromatic heterocycles. The standard InChI is InChI=1S/C15H24IN3O/c1-3-17-15-13(16)14(11-7-4-5-8-11)18-12(19-15)9-6-10-20-2/h11H,3-10H2,1-2H3,(H,17,18,19). The van der Waals surface area contributed by atoms with Crippen LogP contribution >= 0.6 is 22.6 Å². The zero-order valence-corrected chi connectivity index (χ0v) is 14.6. The number of ether oxygens (including phenoxy) is 1. The van der Waals surface area contributed by atoms with E-state index in [4.69, 9.17) is 9.72 Å². The molecule has 1 aliphatic rings. The van der Waals surface area contributed by atoms with E-state index in [1.165, 1.54) is 34.9 Å². The molecule has 1 aliphatic carbocycles. The second-order valence-electron chi connectivity index (χ2n) is 5.30. The quantitative estimate of drug-likeness (QED) is 0.570. The Morgan fingerprint density at radius 2 is 2.05 bits per heavy atom.